The Kier molecular flexibility index (Phi) is 4.59. The molecule has 1 rings (SSSR count). The predicted molar refractivity (Wildman–Crippen MR) is 67.1 cm³/mol. The molecule has 0 aromatic rings. The van der Waals surface area contributed by atoms with Gasteiger partial charge in [0.05, 0.1) is 13.0 Å². The maximum Gasteiger partial charge on any atom is 0.410 e. The second-order valence-corrected chi connectivity index (χ2v) is 5.82. The number of amides is 1. The lowest BCUT2D eigenvalue weighted by Crippen LogP contribution is -2.46. The van der Waals surface area contributed by atoms with E-state index in [0.29, 0.717) is 19.5 Å². The Morgan fingerprint density at radius 3 is 2.33 bits per heavy atom. The van der Waals surface area contributed by atoms with Crippen LogP contribution in [0.4, 0.5) is 4.79 Å². The lowest BCUT2D eigenvalue weighted by molar-refractivity contribution is -0.149. The highest BCUT2D eigenvalue weighted by atomic mass is 16.6. The third-order valence-electron chi connectivity index (χ3n) is 3.06. The molecular formula is C13H23NO4. The smallest absolute Gasteiger partial charge is 0.410 e. The number of carbonyl (C=O) groups excluding carboxylic acids is 2. The minimum Gasteiger partial charge on any atom is -0.469 e. The zero-order chi connectivity index (χ0) is 13.9. The molecule has 0 spiro atoms. The van der Waals surface area contributed by atoms with E-state index in [9.17, 15) is 9.59 Å². The lowest BCUT2D eigenvalue weighted by Gasteiger charge is -2.36. The molecule has 1 fully saturated rings. The van der Waals surface area contributed by atoms with Crippen LogP contribution < -0.4 is 0 Å². The molecule has 5 nitrogen and oxygen atoms in total. The first kappa shape index (κ1) is 14.8. The van der Waals surface area contributed by atoms with E-state index < -0.39 is 5.60 Å². The largest absolute Gasteiger partial charge is 0.469 e. The summed E-state index contributed by atoms with van der Waals surface area (Å²) in [5.74, 6) is -0.209. The fraction of sp³-hybridized carbons (Fsp3) is 0.846. The van der Waals surface area contributed by atoms with E-state index >= 15 is 0 Å². The first-order valence-electron chi connectivity index (χ1n) is 6.30. The fourth-order valence-electron chi connectivity index (χ4n) is 2.14. The number of methoxy groups -OCH3 is 1. The molecule has 0 unspecified atom stereocenters. The number of ether oxygens (including phenoxy) is 2. The van der Waals surface area contributed by atoms with Crippen LogP contribution in [0.1, 0.15) is 34.1 Å². The molecule has 2 atom stereocenters. The highest BCUT2D eigenvalue weighted by Gasteiger charge is 2.35. The minimum atomic E-state index is -0.487. The van der Waals surface area contributed by atoms with Gasteiger partial charge in [-0.2, -0.15) is 0 Å². The lowest BCUT2D eigenvalue weighted by atomic mass is 9.87. The first-order valence-corrected chi connectivity index (χ1v) is 6.30. The highest BCUT2D eigenvalue weighted by molar-refractivity contribution is 5.74. The molecule has 1 aliphatic rings. The van der Waals surface area contributed by atoms with Gasteiger partial charge in [-0.05, 0) is 33.1 Å². The molecule has 0 aromatic carbocycles. The van der Waals surface area contributed by atoms with Gasteiger partial charge in [0.25, 0.3) is 0 Å². The number of rotatable bonds is 1. The number of carbonyl (C=O) groups is 2. The van der Waals surface area contributed by atoms with Crippen molar-refractivity contribution in [1.29, 1.82) is 0 Å². The van der Waals surface area contributed by atoms with Crippen molar-refractivity contribution < 1.29 is 19.1 Å². The van der Waals surface area contributed by atoms with Gasteiger partial charge >= 0.3 is 12.1 Å². The van der Waals surface area contributed by atoms with Gasteiger partial charge in [0.2, 0.25) is 0 Å². The Labute approximate surface area is 108 Å². The molecule has 1 aliphatic heterocycles. The topological polar surface area (TPSA) is 55.8 Å². The molecule has 0 N–H and O–H groups in total. The Balaban J connectivity index is 2.55. The number of hydrogen-bond acceptors (Lipinski definition) is 4. The summed E-state index contributed by atoms with van der Waals surface area (Å²) in [6.45, 7) is 8.56. The molecule has 1 saturated heterocycles. The quantitative estimate of drug-likeness (QED) is 0.675. The molecule has 0 aliphatic carbocycles. The van der Waals surface area contributed by atoms with Gasteiger partial charge in [-0.1, -0.05) is 6.92 Å². The Hall–Kier alpha value is -1.26. The van der Waals surface area contributed by atoms with E-state index in [-0.39, 0.29) is 23.9 Å². The summed E-state index contributed by atoms with van der Waals surface area (Å²) in [5, 5.41) is 0. The monoisotopic (exact) mass is 257 g/mol. The number of piperidine rings is 1. The Morgan fingerprint density at radius 2 is 1.89 bits per heavy atom. The van der Waals surface area contributed by atoms with Crippen molar-refractivity contribution in [2.24, 2.45) is 11.8 Å². The Bertz CT molecular complexity index is 321. The van der Waals surface area contributed by atoms with Crippen LogP contribution in [0.5, 0.6) is 0 Å². The molecule has 0 aromatic heterocycles. The molecule has 18 heavy (non-hydrogen) atoms. The van der Waals surface area contributed by atoms with Crippen LogP contribution in [0.15, 0.2) is 0 Å². The molecule has 1 amide bonds. The van der Waals surface area contributed by atoms with Gasteiger partial charge in [-0.3, -0.25) is 4.79 Å². The number of hydrogen-bond donors (Lipinski definition) is 0. The average Bonchev–Trinajstić information content (AvgIpc) is 2.25. The van der Waals surface area contributed by atoms with Gasteiger partial charge in [-0.15, -0.1) is 0 Å². The predicted octanol–water partition coefficient (Wildman–Crippen LogP) is 2.05. The summed E-state index contributed by atoms with van der Waals surface area (Å²) in [6.07, 6.45) is 0.324. The third kappa shape index (κ3) is 3.89. The van der Waals surface area contributed by atoms with Crippen molar-refractivity contribution in [3.63, 3.8) is 0 Å². The van der Waals surface area contributed by atoms with E-state index in [0.717, 1.165) is 0 Å². The summed E-state index contributed by atoms with van der Waals surface area (Å²) >= 11 is 0. The van der Waals surface area contributed by atoms with Crippen LogP contribution in [0, 0.1) is 11.8 Å². The average molecular weight is 257 g/mol. The molecule has 0 saturated carbocycles. The van der Waals surface area contributed by atoms with Crippen LogP contribution in [0.3, 0.4) is 0 Å². The van der Waals surface area contributed by atoms with Crippen molar-refractivity contribution in [3.8, 4) is 0 Å². The molecule has 0 radical (unpaired) electrons. The van der Waals surface area contributed by atoms with Crippen LogP contribution >= 0.6 is 0 Å². The van der Waals surface area contributed by atoms with E-state index in [4.69, 9.17) is 9.47 Å². The summed E-state index contributed by atoms with van der Waals surface area (Å²) in [5.41, 5.74) is -0.487. The van der Waals surface area contributed by atoms with Gasteiger partial charge < -0.3 is 14.4 Å². The van der Waals surface area contributed by atoms with Gasteiger partial charge in [0.15, 0.2) is 0 Å². The first-order chi connectivity index (χ1) is 8.24. The summed E-state index contributed by atoms with van der Waals surface area (Å²) in [7, 11) is 1.40. The fourth-order valence-corrected chi connectivity index (χ4v) is 2.14. The third-order valence-corrected chi connectivity index (χ3v) is 3.06. The Morgan fingerprint density at radius 1 is 1.28 bits per heavy atom. The minimum absolute atomic E-state index is 0.0960. The molecular weight excluding hydrogens is 234 g/mol. The zero-order valence-corrected chi connectivity index (χ0v) is 11.9. The van der Waals surface area contributed by atoms with E-state index in [1.165, 1.54) is 7.11 Å². The van der Waals surface area contributed by atoms with Crippen LogP contribution in [0.2, 0.25) is 0 Å². The van der Waals surface area contributed by atoms with Crippen molar-refractivity contribution in [3.05, 3.63) is 0 Å². The second kappa shape index (κ2) is 5.59. The summed E-state index contributed by atoms with van der Waals surface area (Å²) in [6, 6.07) is 0. The van der Waals surface area contributed by atoms with Crippen LogP contribution in [0.25, 0.3) is 0 Å². The van der Waals surface area contributed by atoms with Crippen LogP contribution in [-0.4, -0.2) is 42.8 Å². The number of esters is 1. The van der Waals surface area contributed by atoms with E-state index in [2.05, 4.69) is 0 Å². The van der Waals surface area contributed by atoms with Crippen molar-refractivity contribution >= 4 is 12.1 Å². The van der Waals surface area contributed by atoms with Crippen molar-refractivity contribution in [2.45, 2.75) is 39.7 Å². The van der Waals surface area contributed by atoms with Gasteiger partial charge in [-0.25, -0.2) is 4.79 Å². The number of nitrogens with zero attached hydrogens (tertiary/aromatic N) is 1. The van der Waals surface area contributed by atoms with Crippen molar-refractivity contribution in [1.82, 2.24) is 4.90 Å². The molecule has 104 valence electrons. The maximum atomic E-state index is 11.9. The maximum absolute atomic E-state index is 11.9. The highest BCUT2D eigenvalue weighted by Crippen LogP contribution is 2.25. The van der Waals surface area contributed by atoms with Gasteiger partial charge in [0, 0.05) is 13.1 Å². The van der Waals surface area contributed by atoms with Gasteiger partial charge in [0.1, 0.15) is 5.60 Å². The second-order valence-electron chi connectivity index (χ2n) is 5.82. The molecule has 0 bridgehead atoms. The van der Waals surface area contributed by atoms with E-state index in [1.807, 2.05) is 27.7 Å². The summed E-state index contributed by atoms with van der Waals surface area (Å²) in [4.78, 5) is 25.1. The van der Waals surface area contributed by atoms with Crippen molar-refractivity contribution in [2.75, 3.05) is 20.2 Å². The number of likely N-dealkylation sites (tertiary alicyclic amines) is 1. The van der Waals surface area contributed by atoms with E-state index in [1.54, 1.807) is 4.90 Å². The summed E-state index contributed by atoms with van der Waals surface area (Å²) < 4.78 is 10.1. The normalized spacial score (nSPS) is 24.6. The SMILES string of the molecule is COC(=O)[C@@H]1CCN(C(=O)OC(C)(C)C)C[C@@H]1C. The van der Waals surface area contributed by atoms with Crippen LogP contribution in [-0.2, 0) is 14.3 Å². The molecule has 1 heterocycles. The zero-order valence-electron chi connectivity index (χ0n) is 11.9. The molecule has 5 heteroatoms. The standard InChI is InChI=1S/C13H23NO4/c1-9-8-14(12(16)18-13(2,3)4)7-6-10(9)11(15)17-5/h9-10H,6-8H2,1-5H3/t9-,10+/m0/s1.